The minimum Gasteiger partial charge on any atom is -0.353 e. The first-order valence-electron chi connectivity index (χ1n) is 6.67. The number of piperidine rings is 1. The van der Waals surface area contributed by atoms with Crippen molar-refractivity contribution in [3.8, 4) is 0 Å². The van der Waals surface area contributed by atoms with Gasteiger partial charge in [0.05, 0.1) is 0 Å². The number of nitrogens with one attached hydrogen (secondary N) is 2. The number of hydrogen-bond acceptors (Lipinski definition) is 2. The molecule has 4 atom stereocenters. The molecule has 0 aromatic carbocycles. The molecule has 1 amide bonds. The molecule has 100 valence electrons. The van der Waals surface area contributed by atoms with Crippen molar-refractivity contribution in [3.05, 3.63) is 0 Å². The first-order chi connectivity index (χ1) is 7.66. The van der Waals surface area contributed by atoms with Gasteiger partial charge in [0.1, 0.15) is 0 Å². The van der Waals surface area contributed by atoms with E-state index < -0.39 is 0 Å². The lowest BCUT2D eigenvalue weighted by molar-refractivity contribution is -0.122. The Morgan fingerprint density at radius 2 is 2.24 bits per heavy atom. The van der Waals surface area contributed by atoms with Crippen LogP contribution in [0.5, 0.6) is 0 Å². The fraction of sp³-hybridized carbons (Fsp3) is 0.923. The lowest BCUT2D eigenvalue weighted by Crippen LogP contribution is -2.36. The molecule has 0 radical (unpaired) electrons. The van der Waals surface area contributed by atoms with Crippen LogP contribution in [0.15, 0.2) is 0 Å². The molecule has 1 aliphatic heterocycles. The van der Waals surface area contributed by atoms with Crippen molar-refractivity contribution in [1.29, 1.82) is 0 Å². The topological polar surface area (TPSA) is 41.1 Å². The SMILES string of the molecule is CC(CC(=O)NC1CC1C)C1CCCNC1.Cl. The quantitative estimate of drug-likeness (QED) is 0.811. The normalized spacial score (nSPS) is 33.4. The van der Waals surface area contributed by atoms with Crippen LogP contribution in [0.1, 0.15) is 39.5 Å². The van der Waals surface area contributed by atoms with Crippen molar-refractivity contribution in [1.82, 2.24) is 10.6 Å². The number of hydrogen-bond donors (Lipinski definition) is 2. The summed E-state index contributed by atoms with van der Waals surface area (Å²) in [6.45, 7) is 6.65. The fourth-order valence-corrected chi connectivity index (χ4v) is 2.61. The lowest BCUT2D eigenvalue weighted by atomic mass is 9.85. The third kappa shape index (κ3) is 4.47. The Morgan fingerprint density at radius 3 is 2.76 bits per heavy atom. The summed E-state index contributed by atoms with van der Waals surface area (Å²) in [5, 5.41) is 6.53. The third-order valence-corrected chi connectivity index (χ3v) is 4.10. The highest BCUT2D eigenvalue weighted by Gasteiger charge is 2.34. The van der Waals surface area contributed by atoms with Crippen LogP contribution in [0, 0.1) is 17.8 Å². The Kier molecular flexibility index (Phi) is 5.74. The molecule has 0 spiro atoms. The van der Waals surface area contributed by atoms with Crippen LogP contribution in [0.2, 0.25) is 0 Å². The van der Waals surface area contributed by atoms with Crippen LogP contribution in [-0.4, -0.2) is 25.0 Å². The van der Waals surface area contributed by atoms with Gasteiger partial charge in [-0.1, -0.05) is 13.8 Å². The number of rotatable bonds is 4. The standard InChI is InChI=1S/C13H24N2O.ClH/c1-9(11-4-3-5-14-8-11)7-13(16)15-12-6-10(12)2;/h9-12,14H,3-8H2,1-2H3,(H,15,16);1H. The molecular weight excluding hydrogens is 236 g/mol. The maximum atomic E-state index is 11.8. The van der Waals surface area contributed by atoms with E-state index in [1.54, 1.807) is 0 Å². The van der Waals surface area contributed by atoms with Crippen LogP contribution in [-0.2, 0) is 4.79 Å². The predicted molar refractivity (Wildman–Crippen MR) is 72.3 cm³/mol. The van der Waals surface area contributed by atoms with Gasteiger partial charge in [0.25, 0.3) is 0 Å². The van der Waals surface area contributed by atoms with E-state index in [1.807, 2.05) is 0 Å². The third-order valence-electron chi connectivity index (χ3n) is 4.10. The first kappa shape index (κ1) is 14.8. The van der Waals surface area contributed by atoms with Crippen LogP contribution in [0.25, 0.3) is 0 Å². The zero-order valence-corrected chi connectivity index (χ0v) is 11.7. The van der Waals surface area contributed by atoms with Crippen molar-refractivity contribution in [3.63, 3.8) is 0 Å². The van der Waals surface area contributed by atoms with Crippen molar-refractivity contribution in [2.45, 2.75) is 45.6 Å². The molecule has 1 heterocycles. The molecule has 4 heteroatoms. The molecular formula is C13H25ClN2O. The van der Waals surface area contributed by atoms with Gasteiger partial charge in [0, 0.05) is 12.5 Å². The minimum atomic E-state index is 0. The molecule has 3 nitrogen and oxygen atoms in total. The average molecular weight is 261 g/mol. The summed E-state index contributed by atoms with van der Waals surface area (Å²) in [4.78, 5) is 11.8. The maximum absolute atomic E-state index is 11.8. The molecule has 17 heavy (non-hydrogen) atoms. The molecule has 4 unspecified atom stereocenters. The van der Waals surface area contributed by atoms with Gasteiger partial charge < -0.3 is 10.6 Å². The van der Waals surface area contributed by atoms with E-state index in [1.165, 1.54) is 19.3 Å². The van der Waals surface area contributed by atoms with Crippen LogP contribution < -0.4 is 10.6 Å². The summed E-state index contributed by atoms with van der Waals surface area (Å²) >= 11 is 0. The zero-order chi connectivity index (χ0) is 11.5. The van der Waals surface area contributed by atoms with E-state index in [4.69, 9.17) is 0 Å². The zero-order valence-electron chi connectivity index (χ0n) is 10.9. The van der Waals surface area contributed by atoms with E-state index in [0.29, 0.717) is 30.2 Å². The molecule has 0 bridgehead atoms. The van der Waals surface area contributed by atoms with Crippen molar-refractivity contribution < 1.29 is 4.79 Å². The highest BCUT2D eigenvalue weighted by molar-refractivity contribution is 5.85. The largest absolute Gasteiger partial charge is 0.353 e. The number of halogens is 1. The van der Waals surface area contributed by atoms with E-state index in [0.717, 1.165) is 13.1 Å². The maximum Gasteiger partial charge on any atom is 0.220 e. The molecule has 1 aliphatic carbocycles. The van der Waals surface area contributed by atoms with Gasteiger partial charge in [-0.15, -0.1) is 12.4 Å². The van der Waals surface area contributed by atoms with Crippen LogP contribution in [0.4, 0.5) is 0 Å². The molecule has 0 aromatic rings. The smallest absolute Gasteiger partial charge is 0.220 e. The Labute approximate surface area is 111 Å². The second-order valence-corrected chi connectivity index (χ2v) is 5.67. The van der Waals surface area contributed by atoms with Gasteiger partial charge in [0.2, 0.25) is 5.91 Å². The highest BCUT2D eigenvalue weighted by Crippen LogP contribution is 2.29. The first-order valence-corrected chi connectivity index (χ1v) is 6.67. The summed E-state index contributed by atoms with van der Waals surface area (Å²) in [5.74, 6) is 2.17. The molecule has 2 aliphatic rings. The van der Waals surface area contributed by atoms with Crippen LogP contribution >= 0.6 is 12.4 Å². The van der Waals surface area contributed by atoms with Crippen LogP contribution in [0.3, 0.4) is 0 Å². The monoisotopic (exact) mass is 260 g/mol. The summed E-state index contributed by atoms with van der Waals surface area (Å²) in [6.07, 6.45) is 4.41. The van der Waals surface area contributed by atoms with Gasteiger partial charge in [-0.05, 0) is 50.1 Å². The Balaban J connectivity index is 0.00000144. The fourth-order valence-electron chi connectivity index (χ4n) is 2.61. The molecule has 2 N–H and O–H groups in total. The van der Waals surface area contributed by atoms with Crippen molar-refractivity contribution in [2.75, 3.05) is 13.1 Å². The Bertz CT molecular complexity index is 254. The molecule has 0 aromatic heterocycles. The predicted octanol–water partition coefficient (Wildman–Crippen LogP) is 1.96. The Morgan fingerprint density at radius 1 is 1.53 bits per heavy atom. The second-order valence-electron chi connectivity index (χ2n) is 5.67. The van der Waals surface area contributed by atoms with E-state index in [9.17, 15) is 4.79 Å². The van der Waals surface area contributed by atoms with E-state index >= 15 is 0 Å². The average Bonchev–Trinajstić information content (AvgIpc) is 2.95. The van der Waals surface area contributed by atoms with Gasteiger partial charge >= 0.3 is 0 Å². The second kappa shape index (κ2) is 6.60. The molecule has 1 saturated heterocycles. The molecule has 1 saturated carbocycles. The number of carbonyl (C=O) groups excluding carboxylic acids is 1. The van der Waals surface area contributed by atoms with Gasteiger partial charge in [-0.2, -0.15) is 0 Å². The molecule has 2 rings (SSSR count). The van der Waals surface area contributed by atoms with Gasteiger partial charge in [-0.25, -0.2) is 0 Å². The summed E-state index contributed by atoms with van der Waals surface area (Å²) in [7, 11) is 0. The molecule has 2 fully saturated rings. The van der Waals surface area contributed by atoms with Gasteiger partial charge in [0.15, 0.2) is 0 Å². The summed E-state index contributed by atoms with van der Waals surface area (Å²) in [5.41, 5.74) is 0. The minimum absolute atomic E-state index is 0. The highest BCUT2D eigenvalue weighted by atomic mass is 35.5. The van der Waals surface area contributed by atoms with Crippen molar-refractivity contribution >= 4 is 18.3 Å². The number of amides is 1. The lowest BCUT2D eigenvalue weighted by Gasteiger charge is -2.28. The summed E-state index contributed by atoms with van der Waals surface area (Å²) < 4.78 is 0. The summed E-state index contributed by atoms with van der Waals surface area (Å²) in [6, 6.07) is 0.476. The van der Waals surface area contributed by atoms with Gasteiger partial charge in [-0.3, -0.25) is 4.79 Å². The van der Waals surface area contributed by atoms with Crippen molar-refractivity contribution in [2.24, 2.45) is 17.8 Å². The van der Waals surface area contributed by atoms with E-state index in [2.05, 4.69) is 24.5 Å². The Hall–Kier alpha value is -0.280. The number of carbonyl (C=O) groups is 1. The van der Waals surface area contributed by atoms with E-state index in [-0.39, 0.29) is 18.3 Å².